The van der Waals surface area contributed by atoms with Gasteiger partial charge in [0.25, 0.3) is 5.91 Å². The molecule has 1 saturated heterocycles. The topological polar surface area (TPSA) is 60.3 Å². The number of carbonyl (C=O) groups excluding carboxylic acids is 2. The van der Waals surface area contributed by atoms with E-state index in [2.05, 4.69) is 10.6 Å². The minimum absolute atomic E-state index is 0.509. The van der Waals surface area contributed by atoms with E-state index in [1.807, 2.05) is 0 Å². The average molecular weight is 98.1 g/mol. The van der Waals surface area contributed by atoms with Crippen molar-refractivity contribution in [1.29, 1.82) is 0 Å². The summed E-state index contributed by atoms with van der Waals surface area (Å²) in [7, 11) is 0. The monoisotopic (exact) mass is 98.0 g/mol. The van der Waals surface area contributed by atoms with E-state index < -0.39 is 11.9 Å². The molecule has 7 heavy (non-hydrogen) atoms. The molecule has 36 valence electrons. The molecule has 0 atom stereocenters. The second-order valence-electron chi connectivity index (χ2n) is 1.04. The first kappa shape index (κ1) is 4.11. The zero-order chi connectivity index (χ0) is 5.28. The van der Waals surface area contributed by atoms with Crippen LogP contribution in [0.25, 0.3) is 0 Å². The Morgan fingerprint density at radius 2 is 2.29 bits per heavy atom. The van der Waals surface area contributed by atoms with Crippen LogP contribution in [0.4, 0.5) is 4.79 Å². The van der Waals surface area contributed by atoms with Gasteiger partial charge in [-0.1, -0.05) is 0 Å². The van der Waals surface area contributed by atoms with Crippen LogP contribution >= 0.6 is 0 Å². The quantitative estimate of drug-likeness (QED) is 0.395. The summed E-state index contributed by atoms with van der Waals surface area (Å²) >= 11 is 0. The van der Waals surface area contributed by atoms with Gasteiger partial charge in [0, 0.05) is 0 Å². The molecule has 0 aromatic rings. The average Bonchev–Trinajstić information content (AvgIpc) is 1.87. The lowest BCUT2D eigenvalue weighted by Crippen LogP contribution is -2.14. The molecule has 4 heteroatoms. The molecule has 1 heterocycles. The lowest BCUT2D eigenvalue weighted by atomic mass is 10.7. The number of imide groups is 1. The minimum Gasteiger partial charge on any atom is -0.322 e. The molecule has 1 aliphatic heterocycles. The summed E-state index contributed by atoms with van der Waals surface area (Å²) in [6.45, 7) is 1.02. The zero-order valence-electron chi connectivity index (χ0n) is 3.34. The van der Waals surface area contributed by atoms with Crippen molar-refractivity contribution in [3.63, 3.8) is 0 Å². The Morgan fingerprint density at radius 1 is 1.57 bits per heavy atom. The molecule has 0 aromatic heterocycles. The first-order valence-corrected chi connectivity index (χ1v) is 1.68. The zero-order valence-corrected chi connectivity index (χ0v) is 3.34. The number of amides is 3. The summed E-state index contributed by atoms with van der Waals surface area (Å²) in [6.07, 6.45) is 0. The Hall–Kier alpha value is -1.06. The Labute approximate surface area is 39.9 Å². The van der Waals surface area contributed by atoms with E-state index in [1.54, 1.807) is 0 Å². The molecule has 1 fully saturated rings. The molecule has 0 saturated carbocycles. The van der Waals surface area contributed by atoms with Crippen LogP contribution in [0.5, 0.6) is 0 Å². The summed E-state index contributed by atoms with van der Waals surface area (Å²) in [5, 5.41) is 5.03. The van der Waals surface area contributed by atoms with E-state index in [1.165, 1.54) is 0 Å². The van der Waals surface area contributed by atoms with Gasteiger partial charge in [-0.2, -0.15) is 5.32 Å². The normalized spacial score (nSPS) is 18.9. The van der Waals surface area contributed by atoms with Crippen molar-refractivity contribution < 1.29 is 9.59 Å². The van der Waals surface area contributed by atoms with Crippen molar-refractivity contribution in [3.8, 4) is 0 Å². The lowest BCUT2D eigenvalue weighted by molar-refractivity contribution is -0.116. The molecule has 0 spiro atoms. The van der Waals surface area contributed by atoms with Crippen molar-refractivity contribution >= 4 is 11.9 Å². The van der Waals surface area contributed by atoms with Crippen LogP contribution in [-0.2, 0) is 4.79 Å². The number of rotatable bonds is 0. The van der Waals surface area contributed by atoms with Gasteiger partial charge in [-0.25, -0.2) is 4.79 Å². The minimum atomic E-state index is -0.579. The Bertz CT molecular complexity index is 106. The maximum atomic E-state index is 9.95. The number of nitrogens with one attached hydrogen (secondary N) is 1. The fourth-order valence-electron chi connectivity index (χ4n) is 0.288. The molecule has 1 aliphatic rings. The molecular formula is C3H2N2O2. The van der Waals surface area contributed by atoms with E-state index in [-0.39, 0.29) is 0 Å². The Morgan fingerprint density at radius 3 is 2.43 bits per heavy atom. The highest BCUT2D eigenvalue weighted by atomic mass is 16.2. The second-order valence-corrected chi connectivity index (χ2v) is 1.04. The predicted octanol–water partition coefficient (Wildman–Crippen LogP) is -0.998. The first-order valence-electron chi connectivity index (χ1n) is 1.68. The number of urea groups is 1. The van der Waals surface area contributed by atoms with Crippen molar-refractivity contribution in [2.45, 2.75) is 0 Å². The van der Waals surface area contributed by atoms with Crippen LogP contribution in [0.15, 0.2) is 0 Å². The highest BCUT2D eigenvalue weighted by molar-refractivity contribution is 6.05. The molecule has 0 bridgehead atoms. The third-order valence-corrected chi connectivity index (χ3v) is 0.531. The number of carbonyl (C=O) groups is 2. The molecular weight excluding hydrogens is 96.0 g/mol. The van der Waals surface area contributed by atoms with E-state index in [9.17, 15) is 9.59 Å². The van der Waals surface area contributed by atoms with Gasteiger partial charge in [0.2, 0.25) is 0 Å². The Balaban J connectivity index is 2.55. The highest BCUT2D eigenvalue weighted by Gasteiger charge is 2.18. The standard InChI is InChI=1S/C3H2N2O2/c6-2-1-4-3(7)5-2/h1H,(H,4,7). The molecule has 1 N–H and O–H groups in total. The fraction of sp³-hybridized carbons (Fsp3) is 0. The van der Waals surface area contributed by atoms with Gasteiger partial charge in [0.1, 0.15) is 6.54 Å². The fourth-order valence-corrected chi connectivity index (χ4v) is 0.288. The third kappa shape index (κ3) is 0.677. The molecule has 3 amide bonds. The molecule has 4 nitrogen and oxygen atoms in total. The number of hydrogen-bond acceptors (Lipinski definition) is 2. The van der Waals surface area contributed by atoms with Crippen LogP contribution < -0.4 is 10.6 Å². The summed E-state index contributed by atoms with van der Waals surface area (Å²) in [5.74, 6) is -0.509. The van der Waals surface area contributed by atoms with Crippen LogP contribution in [0.1, 0.15) is 0 Å². The summed E-state index contributed by atoms with van der Waals surface area (Å²) < 4.78 is 0. The Kier molecular flexibility index (Phi) is 0.714. The van der Waals surface area contributed by atoms with E-state index in [4.69, 9.17) is 0 Å². The molecule has 2 radical (unpaired) electrons. The van der Waals surface area contributed by atoms with Crippen molar-refractivity contribution in [3.05, 3.63) is 6.54 Å². The van der Waals surface area contributed by atoms with Crippen molar-refractivity contribution in [2.24, 2.45) is 0 Å². The molecule has 0 aromatic carbocycles. The van der Waals surface area contributed by atoms with E-state index >= 15 is 0 Å². The van der Waals surface area contributed by atoms with Gasteiger partial charge >= 0.3 is 6.03 Å². The maximum absolute atomic E-state index is 9.95. The largest absolute Gasteiger partial charge is 0.344 e. The van der Waals surface area contributed by atoms with Crippen LogP contribution in [0.2, 0.25) is 0 Å². The van der Waals surface area contributed by atoms with Gasteiger partial charge in [0.05, 0.1) is 0 Å². The predicted molar refractivity (Wildman–Crippen MR) is 20.0 cm³/mol. The summed E-state index contributed by atoms with van der Waals surface area (Å²) in [4.78, 5) is 19.9. The van der Waals surface area contributed by atoms with Gasteiger partial charge in [-0.15, -0.1) is 0 Å². The lowest BCUT2D eigenvalue weighted by Gasteiger charge is -1.74. The van der Waals surface area contributed by atoms with Gasteiger partial charge in [0.15, 0.2) is 0 Å². The van der Waals surface area contributed by atoms with Crippen LogP contribution in [0.3, 0.4) is 0 Å². The smallest absolute Gasteiger partial charge is 0.322 e. The van der Waals surface area contributed by atoms with Crippen LogP contribution in [-0.4, -0.2) is 11.9 Å². The summed E-state index contributed by atoms with van der Waals surface area (Å²) in [6, 6.07) is -0.579. The number of nitrogens with zero attached hydrogens (tertiary/aromatic N) is 1. The second kappa shape index (κ2) is 1.22. The maximum Gasteiger partial charge on any atom is 0.344 e. The van der Waals surface area contributed by atoms with Gasteiger partial charge < -0.3 is 5.32 Å². The van der Waals surface area contributed by atoms with Crippen molar-refractivity contribution in [2.75, 3.05) is 0 Å². The molecule has 1 rings (SSSR count). The summed E-state index contributed by atoms with van der Waals surface area (Å²) in [5.41, 5.74) is 0. The van der Waals surface area contributed by atoms with Gasteiger partial charge in [-0.3, -0.25) is 4.79 Å². The third-order valence-electron chi connectivity index (χ3n) is 0.531. The molecule has 0 aliphatic carbocycles. The van der Waals surface area contributed by atoms with Crippen LogP contribution in [0, 0.1) is 6.54 Å². The van der Waals surface area contributed by atoms with Gasteiger partial charge in [-0.05, 0) is 0 Å². The van der Waals surface area contributed by atoms with E-state index in [0.29, 0.717) is 0 Å². The SMILES string of the molecule is O=C1[CH]NC(=O)[N]1. The number of hydrogen-bond donors (Lipinski definition) is 1. The van der Waals surface area contributed by atoms with Crippen molar-refractivity contribution in [1.82, 2.24) is 10.6 Å². The van der Waals surface area contributed by atoms with E-state index in [0.717, 1.165) is 6.54 Å². The first-order chi connectivity index (χ1) is 3.29. The highest BCUT2D eigenvalue weighted by Crippen LogP contribution is 1.83. The molecule has 0 unspecified atom stereocenters.